The Hall–Kier alpha value is -3.41. The predicted octanol–water partition coefficient (Wildman–Crippen LogP) is 1.54. The normalized spacial score (nSPS) is 21.7. The molecule has 3 atom stereocenters. The molecule has 4 rings (SSSR count). The van der Waals surface area contributed by atoms with E-state index < -0.39 is 35.4 Å². The van der Waals surface area contributed by atoms with Gasteiger partial charge in [-0.1, -0.05) is 0 Å². The number of aliphatic carboxylic acids is 2. The quantitative estimate of drug-likeness (QED) is 0.373. The summed E-state index contributed by atoms with van der Waals surface area (Å²) in [4.78, 5) is 47.8. The summed E-state index contributed by atoms with van der Waals surface area (Å²) in [5.74, 6) is -5.23. The molecule has 3 aliphatic rings. The van der Waals surface area contributed by atoms with Crippen molar-refractivity contribution in [2.24, 2.45) is 17.6 Å². The molecule has 196 valence electrons. The van der Waals surface area contributed by atoms with Crippen molar-refractivity contribution in [3.63, 3.8) is 0 Å². The summed E-state index contributed by atoms with van der Waals surface area (Å²) >= 11 is 0. The molecule has 1 unspecified atom stereocenters. The van der Waals surface area contributed by atoms with Crippen LogP contribution in [-0.4, -0.2) is 75.5 Å². The Kier molecular flexibility index (Phi) is 8.72. The lowest BCUT2D eigenvalue weighted by Crippen LogP contribution is -2.43. The van der Waals surface area contributed by atoms with Gasteiger partial charge in [0, 0.05) is 62.2 Å². The molecule has 0 bridgehead atoms. The predicted molar refractivity (Wildman–Crippen MR) is 120 cm³/mol. The van der Waals surface area contributed by atoms with Gasteiger partial charge < -0.3 is 25.7 Å². The number of likely N-dealkylation sites (tertiary alicyclic amines) is 2. The molecule has 36 heavy (non-hydrogen) atoms. The molecule has 4 N–H and O–H groups in total. The van der Waals surface area contributed by atoms with Crippen LogP contribution in [0.25, 0.3) is 0 Å². The van der Waals surface area contributed by atoms with Gasteiger partial charge in [0.15, 0.2) is 11.6 Å². The molecule has 1 aromatic rings. The summed E-state index contributed by atoms with van der Waals surface area (Å²) in [5.41, 5.74) is 5.96. The van der Waals surface area contributed by atoms with Gasteiger partial charge >= 0.3 is 11.9 Å². The second kappa shape index (κ2) is 11.5. The van der Waals surface area contributed by atoms with E-state index >= 15 is 0 Å². The Bertz CT molecular complexity index is 1050. The molecule has 0 spiro atoms. The maximum Gasteiger partial charge on any atom is 0.328 e. The first-order valence-corrected chi connectivity index (χ1v) is 11.6. The van der Waals surface area contributed by atoms with Crippen LogP contribution in [0, 0.1) is 29.3 Å². The average molecular weight is 511 g/mol. The number of rotatable bonds is 7. The average Bonchev–Trinajstić information content (AvgIpc) is 3.44. The van der Waals surface area contributed by atoms with Crippen molar-refractivity contribution >= 4 is 23.8 Å². The Balaban J connectivity index is 0.000000392. The van der Waals surface area contributed by atoms with E-state index in [4.69, 9.17) is 15.9 Å². The van der Waals surface area contributed by atoms with Crippen LogP contribution in [0.4, 0.5) is 13.2 Å². The number of hydrogen-bond donors (Lipinski definition) is 3. The van der Waals surface area contributed by atoms with Gasteiger partial charge in [0.1, 0.15) is 5.82 Å². The zero-order valence-corrected chi connectivity index (χ0v) is 19.4. The number of nitrogens with zero attached hydrogens (tertiary/aromatic N) is 2. The number of carboxylic acids is 2. The number of halogens is 3. The van der Waals surface area contributed by atoms with Crippen LogP contribution in [0.1, 0.15) is 31.2 Å². The van der Waals surface area contributed by atoms with Crippen LogP contribution in [0.5, 0.6) is 0 Å². The number of benzene rings is 1. The highest BCUT2D eigenvalue weighted by Crippen LogP contribution is 2.37. The van der Waals surface area contributed by atoms with Crippen LogP contribution >= 0.6 is 0 Å². The molecule has 2 aliphatic heterocycles. The van der Waals surface area contributed by atoms with Crippen molar-refractivity contribution in [1.29, 1.82) is 0 Å². The van der Waals surface area contributed by atoms with E-state index in [1.807, 2.05) is 4.90 Å². The Labute approximate surface area is 205 Å². The monoisotopic (exact) mass is 511 g/mol. The first-order chi connectivity index (χ1) is 17.0. The molecule has 2 heterocycles. The van der Waals surface area contributed by atoms with Crippen molar-refractivity contribution in [1.82, 2.24) is 9.80 Å². The molecule has 2 amide bonds. The van der Waals surface area contributed by atoms with Crippen molar-refractivity contribution in [3.8, 4) is 0 Å². The molecule has 1 aliphatic carbocycles. The lowest BCUT2D eigenvalue weighted by Gasteiger charge is -2.26. The zero-order valence-electron chi connectivity index (χ0n) is 19.4. The van der Waals surface area contributed by atoms with Crippen LogP contribution in [0.2, 0.25) is 0 Å². The summed E-state index contributed by atoms with van der Waals surface area (Å²) in [6, 6.07) is 0.604. The minimum absolute atomic E-state index is 0.00176. The maximum absolute atomic E-state index is 13.8. The van der Waals surface area contributed by atoms with Gasteiger partial charge in [0.2, 0.25) is 11.8 Å². The van der Waals surface area contributed by atoms with Gasteiger partial charge in [0.25, 0.3) is 0 Å². The van der Waals surface area contributed by atoms with Crippen molar-refractivity contribution in [3.05, 3.63) is 47.3 Å². The highest BCUT2D eigenvalue weighted by molar-refractivity contribution is 5.89. The number of carboxylic acid groups (broad SMARTS) is 2. The van der Waals surface area contributed by atoms with Gasteiger partial charge in [0.05, 0.1) is 6.04 Å². The van der Waals surface area contributed by atoms with E-state index in [1.165, 1.54) is 0 Å². The summed E-state index contributed by atoms with van der Waals surface area (Å²) in [6.07, 6.45) is 3.84. The minimum Gasteiger partial charge on any atom is -0.478 e. The first kappa shape index (κ1) is 27.2. The fraction of sp³-hybridized carbons (Fsp3) is 0.500. The van der Waals surface area contributed by atoms with Gasteiger partial charge in [-0.25, -0.2) is 22.8 Å². The molecule has 1 aromatic carbocycles. The molecular weight excluding hydrogens is 483 g/mol. The van der Waals surface area contributed by atoms with Crippen LogP contribution in [-0.2, 0) is 25.6 Å². The van der Waals surface area contributed by atoms with Crippen LogP contribution in [0.15, 0.2) is 24.3 Å². The summed E-state index contributed by atoms with van der Waals surface area (Å²) < 4.78 is 40.2. The summed E-state index contributed by atoms with van der Waals surface area (Å²) in [6.45, 7) is 1.90. The third kappa shape index (κ3) is 7.06. The highest BCUT2D eigenvalue weighted by Gasteiger charge is 2.46. The standard InChI is InChI=1S/C20H24F3N3O2.C4H4O4/c21-15-8-17(23)16(22)6-13(15)5-14(24)7-19(27)26-4-3-12-9-25(10-18(12)26)20(28)11-1-2-11;5-3(6)1-2-4(7)8/h6,8,11-12,14,18H,1-5,7,9-10,24H2;1-2H,(H,5,6)(H,7,8)/b;2-1+/t12-,14?,18+;/m0./s1. The smallest absolute Gasteiger partial charge is 0.328 e. The molecule has 0 radical (unpaired) electrons. The maximum atomic E-state index is 13.8. The second-order valence-electron chi connectivity index (χ2n) is 9.26. The van der Waals surface area contributed by atoms with Crippen LogP contribution < -0.4 is 5.73 Å². The Morgan fingerprint density at radius 3 is 2.17 bits per heavy atom. The fourth-order valence-electron chi connectivity index (χ4n) is 4.60. The Morgan fingerprint density at radius 1 is 0.972 bits per heavy atom. The lowest BCUT2D eigenvalue weighted by atomic mass is 10.0. The zero-order chi connectivity index (χ0) is 26.6. The number of amides is 2. The molecule has 3 fully saturated rings. The largest absolute Gasteiger partial charge is 0.478 e. The molecule has 1 saturated carbocycles. The van der Waals surface area contributed by atoms with E-state index in [0.29, 0.717) is 43.8 Å². The van der Waals surface area contributed by atoms with E-state index in [0.717, 1.165) is 25.3 Å². The van der Waals surface area contributed by atoms with Gasteiger partial charge in [-0.05, 0) is 37.3 Å². The molecular formula is C24H28F3N3O6. The number of carbonyl (C=O) groups excluding carboxylic acids is 2. The second-order valence-corrected chi connectivity index (χ2v) is 9.26. The topological polar surface area (TPSA) is 141 Å². The summed E-state index contributed by atoms with van der Waals surface area (Å²) in [5, 5.41) is 15.6. The highest BCUT2D eigenvalue weighted by atomic mass is 19.2. The number of hydrogen-bond acceptors (Lipinski definition) is 5. The molecule has 12 heteroatoms. The van der Waals surface area contributed by atoms with Crippen molar-refractivity contribution < 1.29 is 42.6 Å². The van der Waals surface area contributed by atoms with E-state index in [2.05, 4.69) is 0 Å². The minimum atomic E-state index is -1.26. The van der Waals surface area contributed by atoms with Gasteiger partial charge in [-0.2, -0.15) is 0 Å². The van der Waals surface area contributed by atoms with Crippen molar-refractivity contribution in [2.45, 2.75) is 44.2 Å². The Morgan fingerprint density at radius 2 is 1.58 bits per heavy atom. The molecule has 2 saturated heterocycles. The third-order valence-corrected chi connectivity index (χ3v) is 6.48. The lowest BCUT2D eigenvalue weighted by molar-refractivity contribution is -0.135. The van der Waals surface area contributed by atoms with E-state index in [1.54, 1.807) is 4.90 Å². The molecule has 9 nitrogen and oxygen atoms in total. The number of carbonyl (C=O) groups is 4. The van der Waals surface area contributed by atoms with Gasteiger partial charge in [-0.3, -0.25) is 9.59 Å². The number of fused-ring (bicyclic) bond motifs is 1. The SMILES string of the molecule is NC(CC(=O)N1CC[C@H]2CN(C(=O)C3CC3)C[C@H]21)Cc1cc(F)c(F)cc1F.O=C(O)/C=C/C(=O)O. The number of nitrogens with two attached hydrogens (primary N) is 1. The molecule has 0 aromatic heterocycles. The first-order valence-electron chi connectivity index (χ1n) is 11.6. The fourth-order valence-corrected chi connectivity index (χ4v) is 4.60. The van der Waals surface area contributed by atoms with Crippen LogP contribution in [0.3, 0.4) is 0 Å². The third-order valence-electron chi connectivity index (χ3n) is 6.48. The van der Waals surface area contributed by atoms with E-state index in [-0.39, 0.29) is 42.2 Å². The van der Waals surface area contributed by atoms with Crippen molar-refractivity contribution in [2.75, 3.05) is 19.6 Å². The van der Waals surface area contributed by atoms with Gasteiger partial charge in [-0.15, -0.1) is 0 Å². The van der Waals surface area contributed by atoms with E-state index in [9.17, 15) is 32.3 Å². The summed E-state index contributed by atoms with van der Waals surface area (Å²) in [7, 11) is 0.